The summed E-state index contributed by atoms with van der Waals surface area (Å²) in [6.45, 7) is 6.83. The Bertz CT molecular complexity index is 1000. The normalized spacial score (nSPS) is 27.5. The van der Waals surface area contributed by atoms with Gasteiger partial charge in [-0.1, -0.05) is 6.92 Å². The molecular formula is C21H31N3O4S2. The summed E-state index contributed by atoms with van der Waals surface area (Å²) in [7, 11) is -3.00. The van der Waals surface area contributed by atoms with Crippen LogP contribution < -0.4 is 0 Å². The van der Waals surface area contributed by atoms with Crippen LogP contribution in [0.4, 0.5) is 0 Å². The number of hydrogen-bond donors (Lipinski definition) is 1. The van der Waals surface area contributed by atoms with E-state index in [0.717, 1.165) is 43.5 Å². The zero-order chi connectivity index (χ0) is 21.5. The molecule has 9 heteroatoms. The molecule has 0 radical (unpaired) electrons. The standard InChI is InChI=1S/C21H31N3O4S2/c1-4-17-9-18-19(25)14-28-21(20(18)29-17)5-6-23(15(2)10-21)12-16-11-22-24(13-16)7-8-30(3,26)27/h9,11,13,15,19,25H,4-8,10,12,14H2,1-3H3/t15-,19?,21+/m0/s1. The number of aryl methyl sites for hydroxylation is 2. The van der Waals surface area contributed by atoms with Gasteiger partial charge in [0.05, 0.1) is 25.1 Å². The average molecular weight is 454 g/mol. The van der Waals surface area contributed by atoms with Crippen LogP contribution in [0.3, 0.4) is 0 Å². The molecule has 1 spiro atoms. The van der Waals surface area contributed by atoms with Crippen molar-refractivity contribution < 1.29 is 18.3 Å². The Morgan fingerprint density at radius 2 is 2.23 bits per heavy atom. The largest absolute Gasteiger partial charge is 0.386 e. The van der Waals surface area contributed by atoms with Crippen molar-refractivity contribution in [3.8, 4) is 0 Å². The number of sulfone groups is 1. The number of aromatic nitrogens is 2. The third kappa shape index (κ3) is 4.50. The monoisotopic (exact) mass is 453 g/mol. The number of piperidine rings is 1. The van der Waals surface area contributed by atoms with Crippen LogP contribution >= 0.6 is 11.3 Å². The van der Waals surface area contributed by atoms with E-state index in [4.69, 9.17) is 4.74 Å². The summed E-state index contributed by atoms with van der Waals surface area (Å²) in [6.07, 6.45) is 7.29. The van der Waals surface area contributed by atoms with Gasteiger partial charge in [0.2, 0.25) is 0 Å². The van der Waals surface area contributed by atoms with E-state index in [1.165, 1.54) is 16.0 Å². The molecule has 2 aliphatic heterocycles. The molecule has 4 heterocycles. The molecule has 1 saturated heterocycles. The number of rotatable bonds is 6. The van der Waals surface area contributed by atoms with Gasteiger partial charge in [-0.05, 0) is 37.8 Å². The fourth-order valence-corrected chi connectivity index (χ4v) is 6.41. The van der Waals surface area contributed by atoms with Crippen LogP contribution in [-0.2, 0) is 39.7 Å². The number of nitrogens with zero attached hydrogens (tertiary/aromatic N) is 3. The smallest absolute Gasteiger partial charge is 0.149 e. The average Bonchev–Trinajstić information content (AvgIpc) is 3.33. The molecule has 0 aliphatic carbocycles. The molecule has 1 N–H and O–H groups in total. The van der Waals surface area contributed by atoms with E-state index < -0.39 is 15.9 Å². The summed E-state index contributed by atoms with van der Waals surface area (Å²) in [4.78, 5) is 4.96. The second-order valence-electron chi connectivity index (χ2n) is 8.69. The fraction of sp³-hybridized carbons (Fsp3) is 0.667. The first kappa shape index (κ1) is 22.0. The Morgan fingerprint density at radius 3 is 2.93 bits per heavy atom. The molecule has 2 aliphatic rings. The number of ether oxygens (including phenoxy) is 1. The first-order chi connectivity index (χ1) is 14.2. The van der Waals surface area contributed by atoms with Crippen LogP contribution in [0.1, 0.15) is 53.7 Å². The van der Waals surface area contributed by atoms with Gasteiger partial charge < -0.3 is 9.84 Å². The van der Waals surface area contributed by atoms with Crippen molar-refractivity contribution >= 4 is 21.2 Å². The van der Waals surface area contributed by atoms with E-state index >= 15 is 0 Å². The van der Waals surface area contributed by atoms with Crippen molar-refractivity contribution in [2.75, 3.05) is 25.2 Å². The first-order valence-corrected chi connectivity index (χ1v) is 13.4. The minimum atomic E-state index is -3.00. The highest BCUT2D eigenvalue weighted by Crippen LogP contribution is 2.49. The highest BCUT2D eigenvalue weighted by Gasteiger charge is 2.46. The highest BCUT2D eigenvalue weighted by atomic mass is 32.2. The first-order valence-electron chi connectivity index (χ1n) is 10.6. The number of hydrogen-bond acceptors (Lipinski definition) is 7. The van der Waals surface area contributed by atoms with Crippen molar-refractivity contribution in [1.29, 1.82) is 0 Å². The Hall–Kier alpha value is -1.26. The molecular weight excluding hydrogens is 422 g/mol. The fourth-order valence-electron chi connectivity index (χ4n) is 4.56. The lowest BCUT2D eigenvalue weighted by Crippen LogP contribution is -2.50. The number of thiophene rings is 1. The van der Waals surface area contributed by atoms with Gasteiger partial charge >= 0.3 is 0 Å². The van der Waals surface area contributed by atoms with Crippen molar-refractivity contribution in [3.05, 3.63) is 39.3 Å². The molecule has 0 saturated carbocycles. The molecule has 2 aromatic heterocycles. The molecule has 0 bridgehead atoms. The third-order valence-electron chi connectivity index (χ3n) is 6.27. The quantitative estimate of drug-likeness (QED) is 0.723. The maximum atomic E-state index is 11.4. The number of aliphatic hydroxyl groups excluding tert-OH is 1. The maximum absolute atomic E-state index is 11.4. The lowest BCUT2D eigenvalue weighted by Gasteiger charge is -2.47. The Balaban J connectivity index is 1.44. The summed E-state index contributed by atoms with van der Waals surface area (Å²) >= 11 is 1.80. The molecule has 3 atom stereocenters. The molecule has 4 rings (SSSR count). The Labute approximate surface area is 182 Å². The predicted octanol–water partition coefficient (Wildman–Crippen LogP) is 2.50. The van der Waals surface area contributed by atoms with Crippen molar-refractivity contribution in [2.45, 2.75) is 63.9 Å². The van der Waals surface area contributed by atoms with Crippen LogP contribution in [0.15, 0.2) is 18.5 Å². The molecule has 7 nitrogen and oxygen atoms in total. The van der Waals surface area contributed by atoms with Gasteiger partial charge in [-0.2, -0.15) is 5.10 Å². The molecule has 1 unspecified atom stereocenters. The molecule has 30 heavy (non-hydrogen) atoms. The molecule has 1 fully saturated rings. The van der Waals surface area contributed by atoms with E-state index in [9.17, 15) is 13.5 Å². The minimum absolute atomic E-state index is 0.100. The number of likely N-dealkylation sites (tertiary alicyclic amines) is 1. The second-order valence-corrected chi connectivity index (χ2v) is 12.1. The van der Waals surface area contributed by atoms with E-state index in [1.54, 1.807) is 16.0 Å². The Kier molecular flexibility index (Phi) is 6.11. The summed E-state index contributed by atoms with van der Waals surface area (Å²) in [5.74, 6) is 0.100. The van der Waals surface area contributed by atoms with Gasteiger partial charge in [-0.15, -0.1) is 11.3 Å². The molecule has 166 valence electrons. The summed E-state index contributed by atoms with van der Waals surface area (Å²) in [6, 6.07) is 2.49. The second kappa shape index (κ2) is 8.35. The van der Waals surface area contributed by atoms with E-state index in [2.05, 4.69) is 29.9 Å². The van der Waals surface area contributed by atoms with Gasteiger partial charge in [-0.25, -0.2) is 8.42 Å². The van der Waals surface area contributed by atoms with Crippen LogP contribution in [0.2, 0.25) is 0 Å². The zero-order valence-corrected chi connectivity index (χ0v) is 19.5. The number of fused-ring (bicyclic) bond motifs is 2. The lowest BCUT2D eigenvalue weighted by molar-refractivity contribution is -0.139. The lowest BCUT2D eigenvalue weighted by atomic mass is 9.81. The highest BCUT2D eigenvalue weighted by molar-refractivity contribution is 7.90. The van der Waals surface area contributed by atoms with E-state index in [0.29, 0.717) is 19.2 Å². The Morgan fingerprint density at radius 1 is 1.43 bits per heavy atom. The SMILES string of the molecule is CCc1cc2c(s1)[C@]1(CCN(Cc3cnn(CCS(C)(=O)=O)c3)[C@@H](C)C1)OCC2O. The van der Waals surface area contributed by atoms with Crippen LogP contribution in [0.5, 0.6) is 0 Å². The predicted molar refractivity (Wildman–Crippen MR) is 117 cm³/mol. The summed E-state index contributed by atoms with van der Waals surface area (Å²) in [5.41, 5.74) is 1.87. The molecule has 0 amide bonds. The van der Waals surface area contributed by atoms with Crippen molar-refractivity contribution in [1.82, 2.24) is 14.7 Å². The molecule has 0 aromatic carbocycles. The van der Waals surface area contributed by atoms with Crippen molar-refractivity contribution in [3.63, 3.8) is 0 Å². The van der Waals surface area contributed by atoms with Crippen LogP contribution in [0, 0.1) is 0 Å². The number of aliphatic hydroxyl groups is 1. The van der Waals surface area contributed by atoms with Gasteiger partial charge in [0.1, 0.15) is 21.5 Å². The van der Waals surface area contributed by atoms with Crippen LogP contribution in [0.25, 0.3) is 0 Å². The van der Waals surface area contributed by atoms with Gasteiger partial charge in [0, 0.05) is 46.9 Å². The molecule has 2 aromatic rings. The van der Waals surface area contributed by atoms with E-state index in [-0.39, 0.29) is 11.4 Å². The third-order valence-corrected chi connectivity index (χ3v) is 8.67. The zero-order valence-electron chi connectivity index (χ0n) is 17.9. The topological polar surface area (TPSA) is 84.7 Å². The maximum Gasteiger partial charge on any atom is 0.149 e. The van der Waals surface area contributed by atoms with Crippen molar-refractivity contribution in [2.24, 2.45) is 0 Å². The van der Waals surface area contributed by atoms with E-state index in [1.807, 2.05) is 12.4 Å². The van der Waals surface area contributed by atoms with Gasteiger partial charge in [0.15, 0.2) is 0 Å². The van der Waals surface area contributed by atoms with Gasteiger partial charge in [0.25, 0.3) is 0 Å². The van der Waals surface area contributed by atoms with Crippen LogP contribution in [-0.4, -0.2) is 59.4 Å². The minimum Gasteiger partial charge on any atom is -0.386 e. The summed E-state index contributed by atoms with van der Waals surface area (Å²) in [5, 5.41) is 14.7. The van der Waals surface area contributed by atoms with Gasteiger partial charge in [-0.3, -0.25) is 9.58 Å². The summed E-state index contributed by atoms with van der Waals surface area (Å²) < 4.78 is 30.8.